The lowest BCUT2D eigenvalue weighted by Crippen LogP contribution is -2.37. The number of hydrogen-bond acceptors (Lipinski definition) is 2. The molecule has 0 unspecified atom stereocenters. The predicted molar refractivity (Wildman–Crippen MR) is 94.5 cm³/mol. The number of likely N-dealkylation sites (tertiary alicyclic amines) is 2. The van der Waals surface area contributed by atoms with Crippen LogP contribution < -0.4 is 0 Å². The molecule has 0 aromatic heterocycles. The van der Waals surface area contributed by atoms with Crippen LogP contribution >= 0.6 is 0 Å². The van der Waals surface area contributed by atoms with Gasteiger partial charge >= 0.3 is 0 Å². The summed E-state index contributed by atoms with van der Waals surface area (Å²) in [6.07, 6.45) is 6.00. The monoisotopic (exact) mass is 332 g/mol. The zero-order valence-electron chi connectivity index (χ0n) is 14.7. The molecule has 0 spiro atoms. The molecule has 1 aromatic rings. The number of carbonyl (C=O) groups excluding carboxylic acids is 1. The molecule has 2 saturated heterocycles. The zero-order chi connectivity index (χ0) is 16.9. The van der Waals surface area contributed by atoms with Gasteiger partial charge in [-0.25, -0.2) is 4.39 Å². The van der Waals surface area contributed by atoms with E-state index in [2.05, 4.69) is 11.8 Å². The van der Waals surface area contributed by atoms with Crippen molar-refractivity contribution < 1.29 is 9.18 Å². The van der Waals surface area contributed by atoms with E-state index in [1.807, 2.05) is 4.90 Å². The number of amides is 1. The van der Waals surface area contributed by atoms with Gasteiger partial charge in [0.2, 0.25) is 0 Å². The van der Waals surface area contributed by atoms with Crippen LogP contribution in [-0.4, -0.2) is 48.4 Å². The third kappa shape index (κ3) is 4.56. The van der Waals surface area contributed by atoms with E-state index in [9.17, 15) is 9.18 Å². The van der Waals surface area contributed by atoms with Crippen molar-refractivity contribution in [3.63, 3.8) is 0 Å². The summed E-state index contributed by atoms with van der Waals surface area (Å²) in [5, 5.41) is 0. The van der Waals surface area contributed by atoms with Gasteiger partial charge in [0.05, 0.1) is 0 Å². The van der Waals surface area contributed by atoms with Crippen LogP contribution in [0.25, 0.3) is 0 Å². The summed E-state index contributed by atoms with van der Waals surface area (Å²) in [6.45, 7) is 7.65. The Morgan fingerprint density at radius 2 is 1.75 bits per heavy atom. The first-order valence-corrected chi connectivity index (χ1v) is 9.39. The Morgan fingerprint density at radius 3 is 2.46 bits per heavy atom. The average Bonchev–Trinajstić information content (AvgIpc) is 2.83. The lowest BCUT2D eigenvalue weighted by molar-refractivity contribution is 0.0758. The van der Waals surface area contributed by atoms with Crippen molar-refractivity contribution in [2.75, 3.05) is 32.7 Å². The van der Waals surface area contributed by atoms with Gasteiger partial charge < -0.3 is 9.80 Å². The van der Waals surface area contributed by atoms with Crippen molar-refractivity contribution in [3.8, 4) is 0 Å². The summed E-state index contributed by atoms with van der Waals surface area (Å²) >= 11 is 0. The molecule has 1 atom stereocenters. The number of hydrogen-bond donors (Lipinski definition) is 0. The Hall–Kier alpha value is -1.42. The highest BCUT2D eigenvalue weighted by atomic mass is 19.1. The van der Waals surface area contributed by atoms with Gasteiger partial charge in [0, 0.05) is 25.2 Å². The Labute approximate surface area is 144 Å². The smallest absolute Gasteiger partial charge is 0.253 e. The average molecular weight is 332 g/mol. The molecule has 0 N–H and O–H groups in total. The van der Waals surface area contributed by atoms with Crippen molar-refractivity contribution in [2.24, 2.45) is 11.8 Å². The number of rotatable bonds is 3. The van der Waals surface area contributed by atoms with E-state index in [0.717, 1.165) is 31.8 Å². The maximum atomic E-state index is 13.0. The molecule has 24 heavy (non-hydrogen) atoms. The van der Waals surface area contributed by atoms with E-state index in [4.69, 9.17) is 0 Å². The van der Waals surface area contributed by atoms with E-state index in [0.29, 0.717) is 11.5 Å². The highest BCUT2D eigenvalue weighted by Crippen LogP contribution is 2.23. The van der Waals surface area contributed by atoms with Gasteiger partial charge in [-0.05, 0) is 81.3 Å². The zero-order valence-corrected chi connectivity index (χ0v) is 14.7. The second-order valence-electron chi connectivity index (χ2n) is 7.58. The molecule has 1 amide bonds. The molecule has 0 radical (unpaired) electrons. The minimum absolute atomic E-state index is 0.0439. The Morgan fingerprint density at radius 1 is 1.04 bits per heavy atom. The second kappa shape index (κ2) is 8.11. The molecule has 132 valence electrons. The normalized spacial score (nSPS) is 23.9. The summed E-state index contributed by atoms with van der Waals surface area (Å²) in [4.78, 5) is 17.2. The number of halogens is 1. The minimum Gasteiger partial charge on any atom is -0.339 e. The fourth-order valence-corrected chi connectivity index (χ4v) is 3.94. The molecule has 0 aliphatic carbocycles. The van der Waals surface area contributed by atoms with Crippen LogP contribution in [0.15, 0.2) is 24.3 Å². The van der Waals surface area contributed by atoms with Crippen molar-refractivity contribution in [1.82, 2.24) is 9.80 Å². The van der Waals surface area contributed by atoms with Crippen molar-refractivity contribution in [1.29, 1.82) is 0 Å². The molecule has 1 aromatic carbocycles. The molecular weight excluding hydrogens is 303 g/mol. The van der Waals surface area contributed by atoms with Crippen molar-refractivity contribution in [3.05, 3.63) is 35.6 Å². The van der Waals surface area contributed by atoms with Crippen LogP contribution in [-0.2, 0) is 0 Å². The lowest BCUT2D eigenvalue weighted by atomic mass is 9.95. The molecule has 3 nitrogen and oxygen atoms in total. The van der Waals surface area contributed by atoms with Crippen molar-refractivity contribution >= 4 is 5.91 Å². The topological polar surface area (TPSA) is 23.6 Å². The number of carbonyl (C=O) groups is 1. The first kappa shape index (κ1) is 17.4. The van der Waals surface area contributed by atoms with Gasteiger partial charge in [-0.2, -0.15) is 0 Å². The summed E-state index contributed by atoms with van der Waals surface area (Å²) in [5.41, 5.74) is 0.597. The molecule has 3 rings (SSSR count). The Bertz CT molecular complexity index is 537. The molecular formula is C20H29FN2O. The Kier molecular flexibility index (Phi) is 5.88. The quantitative estimate of drug-likeness (QED) is 0.840. The van der Waals surface area contributed by atoms with Crippen LogP contribution in [0.3, 0.4) is 0 Å². The van der Waals surface area contributed by atoms with E-state index in [1.165, 1.54) is 51.0 Å². The number of nitrogens with zero attached hydrogens (tertiary/aromatic N) is 2. The predicted octanol–water partition coefficient (Wildman–Crippen LogP) is 3.80. The standard InChI is InChI=1S/C20H29FN2O/c1-16-8-12-22(13-9-16)15-17-3-2-11-23(14-10-17)20(24)18-4-6-19(21)7-5-18/h4-7,16-17H,2-3,8-15H2,1H3/t17-/m0/s1. The molecule has 0 bridgehead atoms. The van der Waals surface area contributed by atoms with E-state index in [-0.39, 0.29) is 11.7 Å². The first-order chi connectivity index (χ1) is 11.6. The summed E-state index contributed by atoms with van der Waals surface area (Å²) in [5.74, 6) is 1.32. The van der Waals surface area contributed by atoms with Crippen LogP contribution in [0.2, 0.25) is 0 Å². The van der Waals surface area contributed by atoms with Gasteiger partial charge in [0.25, 0.3) is 5.91 Å². The number of piperidine rings is 1. The van der Waals surface area contributed by atoms with Crippen LogP contribution in [0.5, 0.6) is 0 Å². The highest BCUT2D eigenvalue weighted by Gasteiger charge is 2.24. The third-order valence-corrected chi connectivity index (χ3v) is 5.62. The Balaban J connectivity index is 1.51. The lowest BCUT2D eigenvalue weighted by Gasteiger charge is -2.32. The molecule has 2 aliphatic heterocycles. The summed E-state index contributed by atoms with van der Waals surface area (Å²) in [6, 6.07) is 5.92. The maximum Gasteiger partial charge on any atom is 0.253 e. The second-order valence-corrected chi connectivity index (χ2v) is 7.58. The minimum atomic E-state index is -0.293. The van der Waals surface area contributed by atoms with Crippen LogP contribution in [0.1, 0.15) is 49.4 Å². The SMILES string of the molecule is CC1CCN(C[C@H]2CCCN(C(=O)c3ccc(F)cc3)CC2)CC1. The van der Waals surface area contributed by atoms with Crippen LogP contribution in [0, 0.1) is 17.7 Å². The largest absolute Gasteiger partial charge is 0.339 e. The molecule has 4 heteroatoms. The molecule has 2 fully saturated rings. The summed E-state index contributed by atoms with van der Waals surface area (Å²) < 4.78 is 13.0. The molecule has 0 saturated carbocycles. The van der Waals surface area contributed by atoms with Gasteiger partial charge in [0.15, 0.2) is 0 Å². The van der Waals surface area contributed by atoms with E-state index in [1.54, 1.807) is 12.1 Å². The van der Waals surface area contributed by atoms with Crippen LogP contribution in [0.4, 0.5) is 4.39 Å². The van der Waals surface area contributed by atoms with E-state index >= 15 is 0 Å². The van der Waals surface area contributed by atoms with Gasteiger partial charge in [-0.15, -0.1) is 0 Å². The van der Waals surface area contributed by atoms with Gasteiger partial charge in [-0.1, -0.05) is 6.92 Å². The maximum absolute atomic E-state index is 13.0. The molecule has 2 heterocycles. The number of benzene rings is 1. The first-order valence-electron chi connectivity index (χ1n) is 9.39. The van der Waals surface area contributed by atoms with Gasteiger partial charge in [0.1, 0.15) is 5.82 Å². The summed E-state index contributed by atoms with van der Waals surface area (Å²) in [7, 11) is 0. The fourth-order valence-electron chi connectivity index (χ4n) is 3.94. The van der Waals surface area contributed by atoms with Crippen molar-refractivity contribution in [2.45, 2.75) is 39.0 Å². The third-order valence-electron chi connectivity index (χ3n) is 5.62. The molecule has 2 aliphatic rings. The van der Waals surface area contributed by atoms with Gasteiger partial charge in [-0.3, -0.25) is 4.79 Å². The highest BCUT2D eigenvalue weighted by molar-refractivity contribution is 5.94. The van der Waals surface area contributed by atoms with E-state index < -0.39 is 0 Å². The fraction of sp³-hybridized carbons (Fsp3) is 0.650.